The molecule has 4 N–H and O–H groups in total. The molecule has 2 aromatic carbocycles. The monoisotopic (exact) mass is 300 g/mol. The second-order valence-electron chi connectivity index (χ2n) is 4.90. The summed E-state index contributed by atoms with van der Waals surface area (Å²) in [5, 5.41) is 38.9. The largest absolute Gasteiger partial charge is 0.508 e. The molecule has 112 valence electrons. The topological polar surface area (TPSA) is 111 Å². The van der Waals surface area contributed by atoms with Gasteiger partial charge in [0.1, 0.15) is 28.2 Å². The van der Waals surface area contributed by atoms with Crippen LogP contribution < -0.4 is 5.43 Å². The minimum absolute atomic E-state index is 0.0253. The van der Waals surface area contributed by atoms with Crippen molar-refractivity contribution in [2.45, 2.75) is 6.92 Å². The lowest BCUT2D eigenvalue weighted by Crippen LogP contribution is -2.03. The summed E-state index contributed by atoms with van der Waals surface area (Å²) in [5.41, 5.74) is -0.359. The van der Waals surface area contributed by atoms with Crippen LogP contribution in [0.5, 0.6) is 23.0 Å². The van der Waals surface area contributed by atoms with Crippen molar-refractivity contribution in [2.75, 3.05) is 0 Å². The summed E-state index contributed by atoms with van der Waals surface area (Å²) in [6, 6.07) is 6.89. The van der Waals surface area contributed by atoms with E-state index in [-0.39, 0.29) is 33.8 Å². The number of phenols is 3. The molecule has 3 aromatic rings. The molecule has 3 rings (SSSR count). The summed E-state index contributed by atoms with van der Waals surface area (Å²) in [4.78, 5) is 12.3. The van der Waals surface area contributed by atoms with E-state index in [1.54, 1.807) is 0 Å². The summed E-state index contributed by atoms with van der Waals surface area (Å²) in [5.74, 6) is -1.40. The van der Waals surface area contributed by atoms with Crippen molar-refractivity contribution in [1.82, 2.24) is 0 Å². The third-order valence-corrected chi connectivity index (χ3v) is 3.49. The number of phenolic OH excluding ortho intramolecular Hbond substituents is 3. The van der Waals surface area contributed by atoms with Gasteiger partial charge in [0, 0.05) is 17.2 Å². The van der Waals surface area contributed by atoms with Gasteiger partial charge in [-0.2, -0.15) is 0 Å². The van der Waals surface area contributed by atoms with Gasteiger partial charge in [-0.15, -0.1) is 0 Å². The van der Waals surface area contributed by atoms with Crippen molar-refractivity contribution in [3.8, 4) is 34.3 Å². The highest BCUT2D eigenvalue weighted by Crippen LogP contribution is 2.37. The molecule has 0 atom stereocenters. The standard InChI is InChI=1S/C16H12O6/c1-7-10(18)6-11-12(13(7)19)14(20)15(21)16(22-11)8-2-4-9(17)5-3-8/h2-6,17-19,21H,1H3. The molecule has 0 radical (unpaired) electrons. The van der Waals surface area contributed by atoms with Crippen LogP contribution in [-0.4, -0.2) is 20.4 Å². The van der Waals surface area contributed by atoms with Gasteiger partial charge in [0.05, 0.1) is 0 Å². The van der Waals surface area contributed by atoms with E-state index in [1.165, 1.54) is 37.3 Å². The van der Waals surface area contributed by atoms with Gasteiger partial charge in [0.25, 0.3) is 0 Å². The molecular weight excluding hydrogens is 288 g/mol. The fourth-order valence-corrected chi connectivity index (χ4v) is 2.22. The van der Waals surface area contributed by atoms with Crippen LogP contribution in [0.4, 0.5) is 0 Å². The van der Waals surface area contributed by atoms with E-state index in [0.29, 0.717) is 5.56 Å². The molecule has 0 aliphatic rings. The summed E-state index contributed by atoms with van der Waals surface area (Å²) in [6.45, 7) is 1.44. The van der Waals surface area contributed by atoms with Gasteiger partial charge >= 0.3 is 0 Å². The lowest BCUT2D eigenvalue weighted by Gasteiger charge is -2.09. The SMILES string of the molecule is Cc1c(O)cc2oc(-c3ccc(O)cc3)c(O)c(=O)c2c1O. The van der Waals surface area contributed by atoms with Crippen molar-refractivity contribution in [3.63, 3.8) is 0 Å². The molecule has 0 unspecified atom stereocenters. The van der Waals surface area contributed by atoms with Gasteiger partial charge in [-0.1, -0.05) is 0 Å². The number of rotatable bonds is 1. The minimum Gasteiger partial charge on any atom is -0.508 e. The first-order valence-electron chi connectivity index (χ1n) is 6.41. The highest BCUT2D eigenvalue weighted by molar-refractivity contribution is 5.89. The summed E-state index contributed by atoms with van der Waals surface area (Å²) >= 11 is 0. The molecule has 1 heterocycles. The molecule has 0 aliphatic carbocycles. The Morgan fingerprint density at radius 2 is 1.59 bits per heavy atom. The molecule has 0 fully saturated rings. The van der Waals surface area contributed by atoms with Crippen molar-refractivity contribution >= 4 is 11.0 Å². The van der Waals surface area contributed by atoms with Crippen molar-refractivity contribution in [1.29, 1.82) is 0 Å². The van der Waals surface area contributed by atoms with E-state index < -0.39 is 16.9 Å². The average molecular weight is 300 g/mol. The number of hydrogen-bond acceptors (Lipinski definition) is 6. The van der Waals surface area contributed by atoms with E-state index >= 15 is 0 Å². The Morgan fingerprint density at radius 3 is 2.23 bits per heavy atom. The normalized spacial score (nSPS) is 11.0. The Bertz CT molecular complexity index is 938. The van der Waals surface area contributed by atoms with E-state index in [9.17, 15) is 25.2 Å². The van der Waals surface area contributed by atoms with E-state index in [4.69, 9.17) is 4.42 Å². The fourth-order valence-electron chi connectivity index (χ4n) is 2.22. The fraction of sp³-hybridized carbons (Fsp3) is 0.0625. The van der Waals surface area contributed by atoms with Gasteiger partial charge in [-0.3, -0.25) is 4.79 Å². The molecule has 6 heteroatoms. The smallest absolute Gasteiger partial charge is 0.238 e. The van der Waals surface area contributed by atoms with E-state index in [1.807, 2.05) is 0 Å². The van der Waals surface area contributed by atoms with Crippen molar-refractivity contribution in [2.24, 2.45) is 0 Å². The maximum absolute atomic E-state index is 12.3. The maximum Gasteiger partial charge on any atom is 0.238 e. The molecular formula is C16H12O6. The molecule has 6 nitrogen and oxygen atoms in total. The van der Waals surface area contributed by atoms with Crippen LogP contribution in [0.15, 0.2) is 39.5 Å². The molecule has 0 aliphatic heterocycles. The highest BCUT2D eigenvalue weighted by Gasteiger charge is 2.20. The predicted octanol–water partition coefficient (Wildman–Crippen LogP) is 2.59. The molecule has 0 bridgehead atoms. The third kappa shape index (κ3) is 1.93. The Hall–Kier alpha value is -3.15. The van der Waals surface area contributed by atoms with Crippen LogP contribution >= 0.6 is 0 Å². The summed E-state index contributed by atoms with van der Waals surface area (Å²) in [7, 11) is 0. The number of fused-ring (bicyclic) bond motifs is 1. The van der Waals surface area contributed by atoms with Crippen molar-refractivity contribution in [3.05, 3.63) is 46.1 Å². The van der Waals surface area contributed by atoms with Crippen molar-refractivity contribution < 1.29 is 24.8 Å². The zero-order valence-electron chi connectivity index (χ0n) is 11.5. The van der Waals surface area contributed by atoms with Crippen LogP contribution in [0.25, 0.3) is 22.3 Å². The molecule has 0 saturated heterocycles. The Labute approximate surface area is 124 Å². The van der Waals surface area contributed by atoms with Gasteiger partial charge in [-0.25, -0.2) is 0 Å². The molecule has 0 spiro atoms. The van der Waals surface area contributed by atoms with Crippen LogP contribution in [0.3, 0.4) is 0 Å². The lowest BCUT2D eigenvalue weighted by atomic mass is 10.1. The van der Waals surface area contributed by atoms with Gasteiger partial charge < -0.3 is 24.8 Å². The second kappa shape index (κ2) is 4.70. The Balaban J connectivity index is 2.39. The minimum atomic E-state index is -0.801. The lowest BCUT2D eigenvalue weighted by molar-refractivity contribution is 0.434. The molecule has 0 amide bonds. The summed E-state index contributed by atoms with van der Waals surface area (Å²) in [6.07, 6.45) is 0. The first kappa shape index (κ1) is 13.8. The van der Waals surface area contributed by atoms with Crippen LogP contribution in [0, 0.1) is 6.92 Å². The average Bonchev–Trinajstić information content (AvgIpc) is 2.49. The highest BCUT2D eigenvalue weighted by atomic mass is 16.4. The number of hydrogen-bond donors (Lipinski definition) is 4. The quantitative estimate of drug-likeness (QED) is 0.549. The number of aromatic hydroxyl groups is 4. The second-order valence-corrected chi connectivity index (χ2v) is 4.90. The Kier molecular flexibility index (Phi) is 2.95. The maximum atomic E-state index is 12.3. The van der Waals surface area contributed by atoms with Crippen LogP contribution in [0.2, 0.25) is 0 Å². The zero-order valence-corrected chi connectivity index (χ0v) is 11.5. The van der Waals surface area contributed by atoms with E-state index in [0.717, 1.165) is 0 Å². The Morgan fingerprint density at radius 1 is 0.955 bits per heavy atom. The summed E-state index contributed by atoms with van der Waals surface area (Å²) < 4.78 is 5.46. The van der Waals surface area contributed by atoms with Crippen LogP contribution in [-0.2, 0) is 0 Å². The molecule has 1 aromatic heterocycles. The zero-order chi connectivity index (χ0) is 16.0. The molecule has 0 saturated carbocycles. The van der Waals surface area contributed by atoms with Crippen LogP contribution in [0.1, 0.15) is 5.56 Å². The first-order valence-corrected chi connectivity index (χ1v) is 6.41. The van der Waals surface area contributed by atoms with Gasteiger partial charge in [0.15, 0.2) is 5.76 Å². The first-order chi connectivity index (χ1) is 10.4. The van der Waals surface area contributed by atoms with Gasteiger partial charge in [0.2, 0.25) is 11.2 Å². The third-order valence-electron chi connectivity index (χ3n) is 3.49. The van der Waals surface area contributed by atoms with Gasteiger partial charge in [-0.05, 0) is 31.2 Å². The predicted molar refractivity (Wildman–Crippen MR) is 79.3 cm³/mol. The molecule has 22 heavy (non-hydrogen) atoms. The number of benzene rings is 2. The van der Waals surface area contributed by atoms with E-state index in [2.05, 4.69) is 0 Å².